The first-order chi connectivity index (χ1) is 5.33. The van der Waals surface area contributed by atoms with Gasteiger partial charge in [0.2, 0.25) is 0 Å². The molecule has 3 heteroatoms. The van der Waals surface area contributed by atoms with Crippen LogP contribution in [0, 0.1) is 0 Å². The summed E-state index contributed by atoms with van der Waals surface area (Å²) in [7, 11) is 0. The number of hydrogen-bond donors (Lipinski definition) is 0. The minimum Gasteiger partial charge on any atom is -0.293 e. The molecule has 0 aliphatic carbocycles. The number of carbonyl (C=O) groups is 1. The second-order valence-corrected chi connectivity index (χ2v) is 2.66. The summed E-state index contributed by atoms with van der Waals surface area (Å²) < 4.78 is 0. The molecule has 0 fully saturated rings. The van der Waals surface area contributed by atoms with Crippen LogP contribution in [0.5, 0.6) is 0 Å². The maximum absolute atomic E-state index is 10.8. The van der Waals surface area contributed by atoms with Crippen molar-refractivity contribution in [2.24, 2.45) is 10.2 Å². The number of rotatable bonds is 3. The van der Waals surface area contributed by atoms with Crippen LogP contribution in [0.1, 0.15) is 32.6 Å². The predicted octanol–water partition coefficient (Wildman–Crippen LogP) is 1.58. The van der Waals surface area contributed by atoms with Gasteiger partial charge in [-0.1, -0.05) is 13.3 Å². The van der Waals surface area contributed by atoms with E-state index in [1.165, 1.54) is 6.21 Å². The number of nitrogens with zero attached hydrogens (tertiary/aromatic N) is 2. The van der Waals surface area contributed by atoms with E-state index in [1.54, 1.807) is 0 Å². The molecule has 1 heterocycles. The molecule has 3 nitrogen and oxygen atoms in total. The molecule has 60 valence electrons. The molecule has 0 spiro atoms. The molecular formula is C8H12N2O. The SMILES string of the molecule is CCCCC1=NN=CC(=O)C1. The Morgan fingerprint density at radius 1 is 1.64 bits per heavy atom. The van der Waals surface area contributed by atoms with E-state index in [-0.39, 0.29) is 5.78 Å². The Morgan fingerprint density at radius 3 is 3.09 bits per heavy atom. The van der Waals surface area contributed by atoms with Crippen LogP contribution in [-0.2, 0) is 4.79 Å². The maximum atomic E-state index is 10.8. The summed E-state index contributed by atoms with van der Waals surface area (Å²) in [6.07, 6.45) is 4.91. The lowest BCUT2D eigenvalue weighted by atomic mass is 10.1. The third-order valence-corrected chi connectivity index (χ3v) is 1.60. The highest BCUT2D eigenvalue weighted by Gasteiger charge is 2.08. The van der Waals surface area contributed by atoms with Crippen molar-refractivity contribution < 1.29 is 4.79 Å². The fourth-order valence-corrected chi connectivity index (χ4v) is 0.976. The Labute approximate surface area is 66.2 Å². The number of Topliss-reactive ketones (excluding diaryl/α,β-unsaturated/α-hetero) is 1. The minimum absolute atomic E-state index is 0.0751. The Bertz CT molecular complexity index is 206. The molecule has 0 atom stereocenters. The van der Waals surface area contributed by atoms with E-state index in [0.717, 1.165) is 25.0 Å². The molecule has 11 heavy (non-hydrogen) atoms. The molecule has 0 saturated carbocycles. The van der Waals surface area contributed by atoms with Crippen LogP contribution in [0.4, 0.5) is 0 Å². The summed E-state index contributed by atoms with van der Waals surface area (Å²) in [5, 5.41) is 7.49. The van der Waals surface area contributed by atoms with Crippen molar-refractivity contribution in [2.45, 2.75) is 32.6 Å². The van der Waals surface area contributed by atoms with Crippen molar-refractivity contribution in [1.82, 2.24) is 0 Å². The first-order valence-corrected chi connectivity index (χ1v) is 3.94. The van der Waals surface area contributed by atoms with Gasteiger partial charge in [-0.3, -0.25) is 4.79 Å². The molecule has 0 N–H and O–H groups in total. The molecule has 0 amide bonds. The second-order valence-electron chi connectivity index (χ2n) is 2.66. The van der Waals surface area contributed by atoms with E-state index >= 15 is 0 Å². The van der Waals surface area contributed by atoms with Gasteiger partial charge in [0, 0.05) is 5.71 Å². The molecule has 1 aliphatic heterocycles. The van der Waals surface area contributed by atoms with E-state index in [1.807, 2.05) is 0 Å². The van der Waals surface area contributed by atoms with Crippen molar-refractivity contribution in [3.05, 3.63) is 0 Å². The highest BCUT2D eigenvalue weighted by molar-refractivity contribution is 6.33. The van der Waals surface area contributed by atoms with Gasteiger partial charge in [-0.2, -0.15) is 10.2 Å². The topological polar surface area (TPSA) is 41.8 Å². The smallest absolute Gasteiger partial charge is 0.181 e. The summed E-state index contributed by atoms with van der Waals surface area (Å²) >= 11 is 0. The maximum Gasteiger partial charge on any atom is 0.181 e. The largest absolute Gasteiger partial charge is 0.293 e. The fourth-order valence-electron chi connectivity index (χ4n) is 0.976. The van der Waals surface area contributed by atoms with Gasteiger partial charge in [0.05, 0.1) is 12.6 Å². The van der Waals surface area contributed by atoms with Gasteiger partial charge >= 0.3 is 0 Å². The lowest BCUT2D eigenvalue weighted by molar-refractivity contribution is -0.111. The Hall–Kier alpha value is -0.990. The zero-order valence-electron chi connectivity index (χ0n) is 6.71. The Kier molecular flexibility index (Phi) is 2.95. The van der Waals surface area contributed by atoms with Crippen molar-refractivity contribution in [3.63, 3.8) is 0 Å². The van der Waals surface area contributed by atoms with Gasteiger partial charge in [-0.15, -0.1) is 0 Å². The Morgan fingerprint density at radius 2 is 2.45 bits per heavy atom. The zero-order chi connectivity index (χ0) is 8.10. The van der Waals surface area contributed by atoms with Crippen LogP contribution in [0.3, 0.4) is 0 Å². The van der Waals surface area contributed by atoms with Crippen LogP contribution in [-0.4, -0.2) is 17.7 Å². The van der Waals surface area contributed by atoms with Gasteiger partial charge in [0.25, 0.3) is 0 Å². The summed E-state index contributed by atoms with van der Waals surface area (Å²) in [5.74, 6) is 0.0751. The molecule has 0 unspecified atom stereocenters. The molecule has 1 aliphatic rings. The van der Waals surface area contributed by atoms with Crippen molar-refractivity contribution in [3.8, 4) is 0 Å². The molecule has 1 rings (SSSR count). The van der Waals surface area contributed by atoms with Crippen molar-refractivity contribution in [2.75, 3.05) is 0 Å². The van der Waals surface area contributed by atoms with Crippen LogP contribution in [0.15, 0.2) is 10.2 Å². The van der Waals surface area contributed by atoms with E-state index in [0.29, 0.717) is 6.42 Å². The van der Waals surface area contributed by atoms with Gasteiger partial charge in [0.15, 0.2) is 5.78 Å². The lowest BCUT2D eigenvalue weighted by Crippen LogP contribution is -2.12. The summed E-state index contributed by atoms with van der Waals surface area (Å²) in [6, 6.07) is 0. The second kappa shape index (κ2) is 4.01. The van der Waals surface area contributed by atoms with Gasteiger partial charge < -0.3 is 0 Å². The zero-order valence-corrected chi connectivity index (χ0v) is 6.71. The first kappa shape index (κ1) is 8.11. The van der Waals surface area contributed by atoms with Gasteiger partial charge in [-0.25, -0.2) is 0 Å². The summed E-state index contributed by atoms with van der Waals surface area (Å²) in [4.78, 5) is 10.8. The number of ketones is 1. The third kappa shape index (κ3) is 2.62. The summed E-state index contributed by atoms with van der Waals surface area (Å²) in [6.45, 7) is 2.12. The van der Waals surface area contributed by atoms with E-state index in [4.69, 9.17) is 0 Å². The monoisotopic (exact) mass is 152 g/mol. The molecule has 0 radical (unpaired) electrons. The average molecular weight is 152 g/mol. The van der Waals surface area contributed by atoms with Gasteiger partial charge in [-0.05, 0) is 12.8 Å². The van der Waals surface area contributed by atoms with Gasteiger partial charge in [0.1, 0.15) is 0 Å². The molecule has 0 saturated heterocycles. The lowest BCUT2D eigenvalue weighted by Gasteiger charge is -2.03. The van der Waals surface area contributed by atoms with Crippen LogP contribution in [0.2, 0.25) is 0 Å². The predicted molar refractivity (Wildman–Crippen MR) is 45.1 cm³/mol. The van der Waals surface area contributed by atoms with Crippen LogP contribution < -0.4 is 0 Å². The third-order valence-electron chi connectivity index (χ3n) is 1.60. The van der Waals surface area contributed by atoms with Crippen LogP contribution in [0.25, 0.3) is 0 Å². The number of carbonyl (C=O) groups excluding carboxylic acids is 1. The van der Waals surface area contributed by atoms with Crippen LogP contribution >= 0.6 is 0 Å². The highest BCUT2D eigenvalue weighted by Crippen LogP contribution is 2.04. The van der Waals surface area contributed by atoms with Crippen molar-refractivity contribution in [1.29, 1.82) is 0 Å². The van der Waals surface area contributed by atoms with Crippen molar-refractivity contribution >= 4 is 17.7 Å². The van der Waals surface area contributed by atoms with E-state index < -0.39 is 0 Å². The summed E-state index contributed by atoms with van der Waals surface area (Å²) in [5.41, 5.74) is 0.930. The molecule has 0 aromatic heterocycles. The average Bonchev–Trinajstić information content (AvgIpc) is 2.01. The number of hydrogen-bond acceptors (Lipinski definition) is 3. The van der Waals surface area contributed by atoms with E-state index in [9.17, 15) is 4.79 Å². The standard InChI is InChI=1S/C8H12N2O/c1-2-3-4-7-5-8(11)6-9-10-7/h6H,2-5H2,1H3. The highest BCUT2D eigenvalue weighted by atomic mass is 16.1. The fraction of sp³-hybridized carbons (Fsp3) is 0.625. The molecule has 0 aromatic carbocycles. The quantitative estimate of drug-likeness (QED) is 0.605. The Balaban J connectivity index is 2.39. The molecule has 0 aromatic rings. The minimum atomic E-state index is 0.0751. The van der Waals surface area contributed by atoms with E-state index in [2.05, 4.69) is 17.1 Å². The number of unbranched alkanes of at least 4 members (excludes halogenated alkanes) is 1. The first-order valence-electron chi connectivity index (χ1n) is 3.94. The normalized spacial score (nSPS) is 16.8. The molecular weight excluding hydrogens is 140 g/mol. The molecule has 0 bridgehead atoms.